The van der Waals surface area contributed by atoms with Gasteiger partial charge in [0.1, 0.15) is 5.82 Å². The minimum absolute atomic E-state index is 0.120. The first-order valence-electron chi connectivity index (χ1n) is 10.1. The van der Waals surface area contributed by atoms with Crippen molar-refractivity contribution in [3.05, 3.63) is 76.3 Å². The van der Waals surface area contributed by atoms with Crippen LogP contribution in [-0.4, -0.2) is 22.9 Å². The van der Waals surface area contributed by atoms with Crippen LogP contribution in [0.5, 0.6) is 0 Å². The molecule has 0 spiro atoms. The molecule has 1 atom stereocenters. The van der Waals surface area contributed by atoms with Crippen LogP contribution in [0.25, 0.3) is 0 Å². The van der Waals surface area contributed by atoms with E-state index >= 15 is 0 Å². The van der Waals surface area contributed by atoms with E-state index < -0.39 is 0 Å². The lowest BCUT2D eigenvalue weighted by Gasteiger charge is -2.34. The van der Waals surface area contributed by atoms with Gasteiger partial charge in [0, 0.05) is 46.0 Å². The summed E-state index contributed by atoms with van der Waals surface area (Å²) in [5.74, 6) is 0.0446. The third kappa shape index (κ3) is 3.79. The lowest BCUT2D eigenvalue weighted by atomic mass is 9.75. The first-order valence-corrected chi connectivity index (χ1v) is 11.3. The van der Waals surface area contributed by atoms with Crippen LogP contribution >= 0.6 is 11.8 Å². The predicted molar refractivity (Wildman–Crippen MR) is 120 cm³/mol. The molecule has 2 aromatic rings. The van der Waals surface area contributed by atoms with E-state index in [-0.39, 0.29) is 17.6 Å². The van der Waals surface area contributed by atoms with Gasteiger partial charge in [-0.2, -0.15) is 0 Å². The fourth-order valence-corrected chi connectivity index (χ4v) is 4.61. The second kappa shape index (κ2) is 8.48. The van der Waals surface area contributed by atoms with Crippen LogP contribution in [0.15, 0.2) is 70.0 Å². The van der Waals surface area contributed by atoms with Crippen LogP contribution in [0.2, 0.25) is 0 Å². The molecular formula is C24H25N3O2S. The Morgan fingerprint density at radius 3 is 2.63 bits per heavy atom. The number of amides is 1. The monoisotopic (exact) mass is 419 g/mol. The summed E-state index contributed by atoms with van der Waals surface area (Å²) in [4.78, 5) is 31.8. The molecule has 1 aliphatic carbocycles. The molecule has 1 amide bonds. The zero-order valence-electron chi connectivity index (χ0n) is 17.4. The Morgan fingerprint density at radius 1 is 1.17 bits per heavy atom. The van der Waals surface area contributed by atoms with Gasteiger partial charge in [-0.05, 0) is 62.3 Å². The van der Waals surface area contributed by atoms with Crippen LogP contribution in [0.3, 0.4) is 0 Å². The number of aromatic nitrogens is 1. The number of allylic oxidation sites excluding steroid dienone is 3. The molecule has 5 nitrogen and oxygen atoms in total. The molecule has 1 unspecified atom stereocenters. The minimum atomic E-state index is -0.381. The molecule has 1 aromatic carbocycles. The van der Waals surface area contributed by atoms with E-state index in [4.69, 9.17) is 0 Å². The van der Waals surface area contributed by atoms with E-state index in [0.717, 1.165) is 45.8 Å². The number of hydrogen-bond donors (Lipinski definition) is 2. The van der Waals surface area contributed by atoms with Crippen molar-refractivity contribution in [2.24, 2.45) is 0 Å². The van der Waals surface area contributed by atoms with Gasteiger partial charge in [-0.3, -0.25) is 9.59 Å². The van der Waals surface area contributed by atoms with Crippen molar-refractivity contribution in [3.8, 4) is 0 Å². The number of carbonyl (C=O) groups excluding carboxylic acids is 2. The van der Waals surface area contributed by atoms with Crippen LogP contribution < -0.4 is 10.6 Å². The molecule has 154 valence electrons. The van der Waals surface area contributed by atoms with E-state index in [1.54, 1.807) is 18.0 Å². The van der Waals surface area contributed by atoms with E-state index in [9.17, 15) is 9.59 Å². The summed E-state index contributed by atoms with van der Waals surface area (Å²) in [7, 11) is 0. The number of carbonyl (C=O) groups is 2. The van der Waals surface area contributed by atoms with E-state index in [1.807, 2.05) is 56.5 Å². The molecule has 0 radical (unpaired) electrons. The summed E-state index contributed by atoms with van der Waals surface area (Å²) in [6.07, 6.45) is 5.87. The van der Waals surface area contributed by atoms with Gasteiger partial charge < -0.3 is 10.6 Å². The van der Waals surface area contributed by atoms with Crippen molar-refractivity contribution in [2.45, 2.75) is 43.9 Å². The number of pyridine rings is 1. The molecule has 30 heavy (non-hydrogen) atoms. The fraction of sp³-hybridized carbons (Fsp3) is 0.292. The number of hydrogen-bond acceptors (Lipinski definition) is 5. The van der Waals surface area contributed by atoms with Crippen molar-refractivity contribution in [3.63, 3.8) is 0 Å². The number of nitrogens with zero attached hydrogens (tertiary/aromatic N) is 1. The lowest BCUT2D eigenvalue weighted by Crippen LogP contribution is -2.35. The number of Topliss-reactive ketones (excluding diaryl/α,β-unsaturated/α-hetero) is 1. The highest BCUT2D eigenvalue weighted by Gasteiger charge is 2.38. The lowest BCUT2D eigenvalue weighted by molar-refractivity contribution is -0.116. The summed E-state index contributed by atoms with van der Waals surface area (Å²) in [6, 6.07) is 11.9. The quantitative estimate of drug-likeness (QED) is 0.702. The van der Waals surface area contributed by atoms with Crippen molar-refractivity contribution < 1.29 is 9.59 Å². The van der Waals surface area contributed by atoms with Crippen molar-refractivity contribution in [1.29, 1.82) is 0 Å². The van der Waals surface area contributed by atoms with Gasteiger partial charge in [0.15, 0.2) is 5.78 Å². The summed E-state index contributed by atoms with van der Waals surface area (Å²) in [5, 5.41) is 6.31. The summed E-state index contributed by atoms with van der Waals surface area (Å²) >= 11 is 1.67. The van der Waals surface area contributed by atoms with E-state index in [2.05, 4.69) is 15.6 Å². The molecule has 0 fully saturated rings. The standard InChI is InChI=1S/C24H25N3O2S/c1-14-6-5-13-25-23(14)27-24(29)20-15(2)26-18-7-4-8-19(28)22(18)21(20)16-9-11-17(30-3)12-10-16/h5-6,9-13,21,26H,4,7-8H2,1-3H3,(H,25,27,29). The van der Waals surface area contributed by atoms with Crippen LogP contribution in [-0.2, 0) is 9.59 Å². The highest BCUT2D eigenvalue weighted by molar-refractivity contribution is 7.98. The molecule has 2 aliphatic rings. The second-order valence-corrected chi connectivity index (χ2v) is 8.54. The number of anilines is 1. The van der Waals surface area contributed by atoms with Gasteiger partial charge in [0.05, 0.1) is 0 Å². The summed E-state index contributed by atoms with van der Waals surface area (Å²) in [6.45, 7) is 3.82. The second-order valence-electron chi connectivity index (χ2n) is 7.66. The summed E-state index contributed by atoms with van der Waals surface area (Å²) in [5.41, 5.74) is 4.89. The van der Waals surface area contributed by atoms with Gasteiger partial charge in [-0.15, -0.1) is 11.8 Å². The first-order chi connectivity index (χ1) is 14.5. The van der Waals surface area contributed by atoms with E-state index in [0.29, 0.717) is 17.8 Å². The smallest absolute Gasteiger partial charge is 0.255 e. The average Bonchev–Trinajstić information content (AvgIpc) is 2.74. The number of thioether (sulfide) groups is 1. The molecule has 4 rings (SSSR count). The number of benzene rings is 1. The van der Waals surface area contributed by atoms with E-state index in [1.165, 1.54) is 0 Å². The third-order valence-corrected chi connectivity index (χ3v) is 6.45. The van der Waals surface area contributed by atoms with Gasteiger partial charge in [0.2, 0.25) is 0 Å². The highest BCUT2D eigenvalue weighted by Crippen LogP contribution is 2.42. The maximum atomic E-state index is 13.4. The zero-order valence-corrected chi connectivity index (χ0v) is 18.2. The zero-order chi connectivity index (χ0) is 21.3. The van der Waals surface area contributed by atoms with Crippen LogP contribution in [0.1, 0.15) is 43.2 Å². The van der Waals surface area contributed by atoms with Crippen molar-refractivity contribution in [2.75, 3.05) is 11.6 Å². The molecule has 0 bridgehead atoms. The minimum Gasteiger partial charge on any atom is -0.362 e. The molecule has 1 aliphatic heterocycles. The SMILES string of the molecule is CSc1ccc(C2C(C(=O)Nc3ncccc3C)=C(C)NC3=C2C(=O)CCC3)cc1. The molecular weight excluding hydrogens is 394 g/mol. The van der Waals surface area contributed by atoms with Gasteiger partial charge in [-0.1, -0.05) is 18.2 Å². The Kier molecular flexibility index (Phi) is 5.77. The van der Waals surface area contributed by atoms with Gasteiger partial charge >= 0.3 is 0 Å². The fourth-order valence-electron chi connectivity index (χ4n) is 4.21. The Labute approximate surface area is 181 Å². The number of rotatable bonds is 4. The average molecular weight is 420 g/mol. The van der Waals surface area contributed by atoms with Crippen molar-refractivity contribution >= 4 is 29.3 Å². The normalized spacial score (nSPS) is 18.8. The molecule has 6 heteroatoms. The molecule has 0 saturated heterocycles. The molecule has 2 heterocycles. The Hall–Kier alpha value is -2.86. The van der Waals surface area contributed by atoms with Crippen molar-refractivity contribution in [1.82, 2.24) is 10.3 Å². The Balaban J connectivity index is 1.79. The number of dihydropyridines is 1. The topological polar surface area (TPSA) is 71.1 Å². The first kappa shape index (κ1) is 20.4. The molecule has 2 N–H and O–H groups in total. The number of aryl methyl sites for hydroxylation is 1. The molecule has 0 saturated carbocycles. The van der Waals surface area contributed by atoms with Gasteiger partial charge in [-0.25, -0.2) is 4.98 Å². The number of nitrogens with one attached hydrogen (secondary N) is 2. The van der Waals surface area contributed by atoms with Crippen LogP contribution in [0.4, 0.5) is 5.82 Å². The van der Waals surface area contributed by atoms with Gasteiger partial charge in [0.25, 0.3) is 5.91 Å². The Bertz CT molecular complexity index is 1070. The number of ketones is 1. The third-order valence-electron chi connectivity index (χ3n) is 5.71. The highest BCUT2D eigenvalue weighted by atomic mass is 32.2. The maximum absolute atomic E-state index is 13.4. The predicted octanol–water partition coefficient (Wildman–Crippen LogP) is 4.72. The Morgan fingerprint density at radius 2 is 1.93 bits per heavy atom. The maximum Gasteiger partial charge on any atom is 0.255 e. The van der Waals surface area contributed by atoms with Crippen LogP contribution in [0, 0.1) is 6.92 Å². The molecule has 1 aromatic heterocycles. The summed E-state index contributed by atoms with van der Waals surface area (Å²) < 4.78 is 0. The largest absolute Gasteiger partial charge is 0.362 e.